The third kappa shape index (κ3) is 2.72. The second kappa shape index (κ2) is 4.96. The molecule has 1 aromatic carbocycles. The van der Waals surface area contributed by atoms with Gasteiger partial charge >= 0.3 is 0 Å². The maximum Gasteiger partial charge on any atom is 0.229 e. The molecule has 1 fully saturated rings. The highest BCUT2D eigenvalue weighted by Gasteiger charge is 2.25. The van der Waals surface area contributed by atoms with E-state index in [0.29, 0.717) is 23.7 Å². The zero-order valence-corrected chi connectivity index (χ0v) is 10.7. The number of halogens is 2. The fourth-order valence-corrected chi connectivity index (χ4v) is 2.22. The van der Waals surface area contributed by atoms with Crippen LogP contribution in [0.1, 0.15) is 24.8 Å². The van der Waals surface area contributed by atoms with Crippen molar-refractivity contribution in [3.05, 3.63) is 34.1 Å². The van der Waals surface area contributed by atoms with Crippen LogP contribution in [0, 0.1) is 5.82 Å². The van der Waals surface area contributed by atoms with Gasteiger partial charge in [-0.2, -0.15) is 0 Å². The molecule has 1 saturated heterocycles. The fourth-order valence-electron chi connectivity index (χ4n) is 1.80. The number of likely N-dealkylation sites (tertiary alicyclic amines) is 1. The first kappa shape index (κ1) is 12.2. The average Bonchev–Trinajstić information content (AvgIpc) is 2.28. The molecule has 1 aliphatic rings. The van der Waals surface area contributed by atoms with E-state index in [0.717, 1.165) is 5.56 Å². The highest BCUT2D eigenvalue weighted by atomic mass is 79.9. The minimum atomic E-state index is -0.356. The number of piperidine rings is 1. The smallest absolute Gasteiger partial charge is 0.229 e. The number of rotatable bonds is 2. The summed E-state index contributed by atoms with van der Waals surface area (Å²) in [7, 11) is 0. The normalized spacial score (nSPS) is 16.5. The molecule has 0 radical (unpaired) electrons. The van der Waals surface area contributed by atoms with Crippen LogP contribution in [-0.2, 0) is 16.1 Å². The van der Waals surface area contributed by atoms with E-state index in [2.05, 4.69) is 15.9 Å². The summed E-state index contributed by atoms with van der Waals surface area (Å²) in [5, 5.41) is 0. The molecule has 0 aromatic heterocycles. The molecule has 0 bridgehead atoms. The molecular formula is C12H11BrFNO2. The maximum atomic E-state index is 13.0. The summed E-state index contributed by atoms with van der Waals surface area (Å²) in [5.74, 6) is -0.659. The standard InChI is InChI=1S/C12H11BrFNO2/c13-9-6-8(4-5-10(9)14)7-15-11(16)2-1-3-12(15)17/h4-6H,1-3,7H2. The molecule has 1 heterocycles. The molecule has 1 aromatic rings. The lowest BCUT2D eigenvalue weighted by atomic mass is 10.1. The summed E-state index contributed by atoms with van der Waals surface area (Å²) in [4.78, 5) is 24.4. The molecule has 0 spiro atoms. The van der Waals surface area contributed by atoms with E-state index in [1.165, 1.54) is 11.0 Å². The van der Waals surface area contributed by atoms with Crippen molar-refractivity contribution in [3.63, 3.8) is 0 Å². The van der Waals surface area contributed by atoms with Crippen LogP contribution in [0.4, 0.5) is 4.39 Å². The minimum absolute atomic E-state index is 0.151. The van der Waals surface area contributed by atoms with Crippen LogP contribution >= 0.6 is 15.9 Å². The highest BCUT2D eigenvalue weighted by molar-refractivity contribution is 9.10. The summed E-state index contributed by atoms with van der Waals surface area (Å²) in [6.07, 6.45) is 1.45. The van der Waals surface area contributed by atoms with Gasteiger partial charge in [0.15, 0.2) is 0 Å². The molecular weight excluding hydrogens is 289 g/mol. The Hall–Kier alpha value is -1.23. The highest BCUT2D eigenvalue weighted by Crippen LogP contribution is 2.20. The summed E-state index contributed by atoms with van der Waals surface area (Å²) >= 11 is 3.08. The molecule has 90 valence electrons. The van der Waals surface area contributed by atoms with E-state index in [1.54, 1.807) is 12.1 Å². The van der Waals surface area contributed by atoms with Gasteiger partial charge in [0.25, 0.3) is 0 Å². The van der Waals surface area contributed by atoms with Crippen molar-refractivity contribution in [2.45, 2.75) is 25.8 Å². The van der Waals surface area contributed by atoms with Crippen molar-refractivity contribution < 1.29 is 14.0 Å². The van der Waals surface area contributed by atoms with Gasteiger partial charge in [-0.05, 0) is 40.0 Å². The monoisotopic (exact) mass is 299 g/mol. The zero-order chi connectivity index (χ0) is 12.4. The average molecular weight is 300 g/mol. The van der Waals surface area contributed by atoms with Crippen LogP contribution in [-0.4, -0.2) is 16.7 Å². The number of nitrogens with zero attached hydrogens (tertiary/aromatic N) is 1. The second-order valence-electron chi connectivity index (χ2n) is 3.98. The number of hydrogen-bond acceptors (Lipinski definition) is 2. The molecule has 3 nitrogen and oxygen atoms in total. The van der Waals surface area contributed by atoms with E-state index in [1.807, 2.05) is 0 Å². The van der Waals surface area contributed by atoms with Gasteiger partial charge < -0.3 is 0 Å². The summed E-state index contributed by atoms with van der Waals surface area (Å²) in [6, 6.07) is 4.48. The van der Waals surface area contributed by atoms with Gasteiger partial charge in [0.05, 0.1) is 11.0 Å². The molecule has 2 amide bonds. The van der Waals surface area contributed by atoms with E-state index in [4.69, 9.17) is 0 Å². The van der Waals surface area contributed by atoms with Gasteiger partial charge in [0.2, 0.25) is 11.8 Å². The van der Waals surface area contributed by atoms with Gasteiger partial charge in [-0.25, -0.2) is 4.39 Å². The Morgan fingerprint density at radius 3 is 2.47 bits per heavy atom. The Bertz CT molecular complexity index is 460. The first-order valence-electron chi connectivity index (χ1n) is 5.35. The van der Waals surface area contributed by atoms with Gasteiger partial charge in [-0.1, -0.05) is 6.07 Å². The molecule has 2 rings (SSSR count). The lowest BCUT2D eigenvalue weighted by molar-refractivity contribution is -0.148. The minimum Gasteiger partial charge on any atom is -0.278 e. The van der Waals surface area contributed by atoms with Gasteiger partial charge in [0.1, 0.15) is 5.82 Å². The SMILES string of the molecule is O=C1CCCC(=O)N1Cc1ccc(F)c(Br)c1. The van der Waals surface area contributed by atoms with Crippen LogP contribution in [0.5, 0.6) is 0 Å². The van der Waals surface area contributed by atoms with E-state index < -0.39 is 0 Å². The number of hydrogen-bond donors (Lipinski definition) is 0. The Morgan fingerprint density at radius 1 is 1.24 bits per heavy atom. The molecule has 0 unspecified atom stereocenters. The third-order valence-corrected chi connectivity index (χ3v) is 3.32. The van der Waals surface area contributed by atoms with E-state index in [-0.39, 0.29) is 24.2 Å². The fraction of sp³-hybridized carbons (Fsp3) is 0.333. The van der Waals surface area contributed by atoms with Crippen LogP contribution in [0.2, 0.25) is 0 Å². The van der Waals surface area contributed by atoms with Crippen molar-refractivity contribution in [2.24, 2.45) is 0 Å². The van der Waals surface area contributed by atoms with Crippen molar-refractivity contribution in [1.82, 2.24) is 4.90 Å². The number of imide groups is 1. The zero-order valence-electron chi connectivity index (χ0n) is 9.08. The van der Waals surface area contributed by atoms with Crippen LogP contribution in [0.3, 0.4) is 0 Å². The molecule has 0 N–H and O–H groups in total. The predicted octanol–water partition coefficient (Wildman–Crippen LogP) is 2.63. The first-order chi connectivity index (χ1) is 8.08. The van der Waals surface area contributed by atoms with Crippen molar-refractivity contribution in [1.29, 1.82) is 0 Å². The Kier molecular flexibility index (Phi) is 3.57. The lowest BCUT2D eigenvalue weighted by Crippen LogP contribution is -2.39. The van der Waals surface area contributed by atoms with Crippen LogP contribution < -0.4 is 0 Å². The molecule has 0 saturated carbocycles. The molecule has 0 aliphatic carbocycles. The van der Waals surface area contributed by atoms with Crippen molar-refractivity contribution in [3.8, 4) is 0 Å². The Balaban J connectivity index is 2.16. The number of carbonyl (C=O) groups is 2. The second-order valence-corrected chi connectivity index (χ2v) is 4.83. The van der Waals surface area contributed by atoms with Gasteiger partial charge in [0, 0.05) is 12.8 Å². The topological polar surface area (TPSA) is 37.4 Å². The van der Waals surface area contributed by atoms with Crippen LogP contribution in [0.15, 0.2) is 22.7 Å². The van der Waals surface area contributed by atoms with E-state index in [9.17, 15) is 14.0 Å². The molecule has 1 aliphatic heterocycles. The van der Waals surface area contributed by atoms with Crippen molar-refractivity contribution in [2.75, 3.05) is 0 Å². The maximum absolute atomic E-state index is 13.0. The van der Waals surface area contributed by atoms with E-state index >= 15 is 0 Å². The third-order valence-electron chi connectivity index (χ3n) is 2.71. The Labute approximate surface area is 107 Å². The summed E-state index contributed by atoms with van der Waals surface area (Å²) < 4.78 is 13.4. The number of carbonyl (C=O) groups excluding carboxylic acids is 2. The van der Waals surface area contributed by atoms with Gasteiger partial charge in [-0.3, -0.25) is 14.5 Å². The molecule has 0 atom stereocenters. The van der Waals surface area contributed by atoms with Crippen LogP contribution in [0.25, 0.3) is 0 Å². The quantitative estimate of drug-likeness (QED) is 0.787. The number of amides is 2. The lowest BCUT2D eigenvalue weighted by Gasteiger charge is -2.24. The number of benzene rings is 1. The predicted molar refractivity (Wildman–Crippen MR) is 63.5 cm³/mol. The van der Waals surface area contributed by atoms with Gasteiger partial charge in [-0.15, -0.1) is 0 Å². The Morgan fingerprint density at radius 2 is 1.88 bits per heavy atom. The first-order valence-corrected chi connectivity index (χ1v) is 6.14. The summed E-state index contributed by atoms with van der Waals surface area (Å²) in [5.41, 5.74) is 0.738. The summed E-state index contributed by atoms with van der Waals surface area (Å²) in [6.45, 7) is 0.219. The molecule has 5 heteroatoms. The molecule has 17 heavy (non-hydrogen) atoms. The largest absolute Gasteiger partial charge is 0.278 e. The van der Waals surface area contributed by atoms with Crippen molar-refractivity contribution >= 4 is 27.7 Å².